The van der Waals surface area contributed by atoms with Crippen LogP contribution in [0.15, 0.2) is 6.07 Å². The van der Waals surface area contributed by atoms with Crippen molar-refractivity contribution in [3.8, 4) is 11.8 Å². The zero-order valence-electron chi connectivity index (χ0n) is 11.3. The smallest absolute Gasteiger partial charge is 0.224 e. The molecule has 18 heavy (non-hydrogen) atoms. The van der Waals surface area contributed by atoms with Gasteiger partial charge in [-0.2, -0.15) is 0 Å². The molecular formula is C13H22N2O3. The average Bonchev–Trinajstić information content (AvgIpc) is 2.59. The molecule has 0 atom stereocenters. The number of carbonyl (C=O) groups is 1. The van der Waals surface area contributed by atoms with Crippen LogP contribution in [0.1, 0.15) is 40.0 Å². The fourth-order valence-electron chi connectivity index (χ4n) is 1.92. The van der Waals surface area contributed by atoms with Crippen molar-refractivity contribution in [2.45, 2.75) is 46.6 Å². The molecule has 102 valence electrons. The number of hydrogen-bond acceptors (Lipinski definition) is 3. The number of amides is 1. The van der Waals surface area contributed by atoms with Crippen molar-refractivity contribution in [1.82, 2.24) is 4.57 Å². The first-order valence-corrected chi connectivity index (χ1v) is 6.42. The Kier molecular flexibility index (Phi) is 5.07. The molecule has 1 amide bonds. The van der Waals surface area contributed by atoms with E-state index in [-0.39, 0.29) is 17.7 Å². The maximum absolute atomic E-state index is 11.5. The molecule has 1 aromatic heterocycles. The fourth-order valence-corrected chi connectivity index (χ4v) is 1.92. The van der Waals surface area contributed by atoms with E-state index in [2.05, 4.69) is 0 Å². The second-order valence-electron chi connectivity index (χ2n) is 4.39. The molecule has 0 radical (unpaired) electrons. The number of nitrogens with zero attached hydrogens (tertiary/aromatic N) is 2. The highest BCUT2D eigenvalue weighted by Gasteiger charge is 2.21. The van der Waals surface area contributed by atoms with Crippen LogP contribution in [0.2, 0.25) is 0 Å². The summed E-state index contributed by atoms with van der Waals surface area (Å²) in [5, 5.41) is 19.9. The van der Waals surface area contributed by atoms with Gasteiger partial charge >= 0.3 is 0 Å². The highest BCUT2D eigenvalue weighted by Crippen LogP contribution is 2.35. The number of carbonyl (C=O) groups excluding carboxylic acids is 1. The van der Waals surface area contributed by atoms with Gasteiger partial charge in [0.05, 0.1) is 0 Å². The molecule has 2 N–H and O–H groups in total. The lowest BCUT2D eigenvalue weighted by Gasteiger charge is -2.19. The highest BCUT2D eigenvalue weighted by atomic mass is 16.3. The van der Waals surface area contributed by atoms with E-state index in [1.165, 1.54) is 22.5 Å². The molecule has 1 aromatic rings. The Morgan fingerprint density at radius 2 is 2.00 bits per heavy atom. The van der Waals surface area contributed by atoms with Gasteiger partial charge in [0.15, 0.2) is 5.88 Å². The minimum absolute atomic E-state index is 0.00157. The maximum Gasteiger partial charge on any atom is 0.224 e. The van der Waals surface area contributed by atoms with Crippen molar-refractivity contribution in [3.05, 3.63) is 6.07 Å². The molecule has 0 saturated carbocycles. The molecule has 0 fully saturated rings. The minimum Gasteiger partial charge on any atom is -0.494 e. The van der Waals surface area contributed by atoms with Gasteiger partial charge in [-0.3, -0.25) is 9.36 Å². The molecule has 0 aromatic carbocycles. The van der Waals surface area contributed by atoms with E-state index in [1.807, 2.05) is 13.8 Å². The summed E-state index contributed by atoms with van der Waals surface area (Å²) in [6.07, 6.45) is 2.63. The van der Waals surface area contributed by atoms with Gasteiger partial charge < -0.3 is 15.1 Å². The Morgan fingerprint density at radius 1 is 1.33 bits per heavy atom. The molecule has 5 nitrogen and oxygen atoms in total. The molecule has 1 heterocycles. The molecule has 0 aliphatic rings. The second kappa shape index (κ2) is 6.33. The van der Waals surface area contributed by atoms with Gasteiger partial charge in [0, 0.05) is 26.1 Å². The third kappa shape index (κ3) is 2.97. The predicted molar refractivity (Wildman–Crippen MR) is 71.0 cm³/mol. The Hall–Kier alpha value is -1.65. The fraction of sp³-hybridized carbons (Fsp3) is 0.615. The van der Waals surface area contributed by atoms with Crippen LogP contribution in [-0.4, -0.2) is 27.2 Å². The second-order valence-corrected chi connectivity index (χ2v) is 4.39. The van der Waals surface area contributed by atoms with Crippen LogP contribution < -0.4 is 4.90 Å². The molecule has 0 saturated heterocycles. The van der Waals surface area contributed by atoms with E-state index in [9.17, 15) is 15.0 Å². The van der Waals surface area contributed by atoms with Crippen molar-refractivity contribution in [3.63, 3.8) is 0 Å². The Morgan fingerprint density at radius 3 is 2.50 bits per heavy atom. The summed E-state index contributed by atoms with van der Waals surface area (Å²) in [6, 6.07) is 1.45. The SMILES string of the molecule is CCCCn1c(O)cc(N(CCC)C(C)=O)c1O. The van der Waals surface area contributed by atoms with Crippen molar-refractivity contribution >= 4 is 11.6 Å². The van der Waals surface area contributed by atoms with Crippen LogP contribution in [0.5, 0.6) is 11.8 Å². The first-order valence-electron chi connectivity index (χ1n) is 6.42. The molecular weight excluding hydrogens is 232 g/mol. The number of hydrogen-bond donors (Lipinski definition) is 2. The summed E-state index contributed by atoms with van der Waals surface area (Å²) in [6.45, 7) is 6.53. The van der Waals surface area contributed by atoms with E-state index in [0.29, 0.717) is 18.8 Å². The monoisotopic (exact) mass is 254 g/mol. The lowest BCUT2D eigenvalue weighted by Crippen LogP contribution is -2.28. The summed E-state index contributed by atoms with van der Waals surface area (Å²) < 4.78 is 1.43. The van der Waals surface area contributed by atoms with Crippen molar-refractivity contribution < 1.29 is 15.0 Å². The summed E-state index contributed by atoms with van der Waals surface area (Å²) in [5.41, 5.74) is 0.387. The summed E-state index contributed by atoms with van der Waals surface area (Å²) >= 11 is 0. The van der Waals surface area contributed by atoms with Gasteiger partial charge in [0.25, 0.3) is 0 Å². The van der Waals surface area contributed by atoms with Crippen LogP contribution in [0, 0.1) is 0 Å². The van der Waals surface area contributed by atoms with Crippen LogP contribution in [0.25, 0.3) is 0 Å². The highest BCUT2D eigenvalue weighted by molar-refractivity contribution is 5.93. The van der Waals surface area contributed by atoms with Gasteiger partial charge in [-0.05, 0) is 12.8 Å². The minimum atomic E-state index is -0.139. The molecule has 1 rings (SSSR count). The summed E-state index contributed by atoms with van der Waals surface area (Å²) in [5.74, 6) is -0.178. The number of anilines is 1. The average molecular weight is 254 g/mol. The van der Waals surface area contributed by atoms with Crippen molar-refractivity contribution in [2.24, 2.45) is 0 Å². The van der Waals surface area contributed by atoms with Crippen LogP contribution in [0.3, 0.4) is 0 Å². The van der Waals surface area contributed by atoms with Gasteiger partial charge in [-0.1, -0.05) is 20.3 Å². The Balaban J connectivity index is 3.05. The summed E-state index contributed by atoms with van der Waals surface area (Å²) in [4.78, 5) is 13.0. The lowest BCUT2D eigenvalue weighted by atomic mass is 10.3. The van der Waals surface area contributed by atoms with E-state index in [1.54, 1.807) is 0 Å². The first-order chi connectivity index (χ1) is 8.52. The van der Waals surface area contributed by atoms with E-state index in [4.69, 9.17) is 0 Å². The molecule has 5 heteroatoms. The normalized spacial score (nSPS) is 10.6. The predicted octanol–water partition coefficient (Wildman–Crippen LogP) is 2.46. The zero-order chi connectivity index (χ0) is 13.7. The van der Waals surface area contributed by atoms with Gasteiger partial charge in [0.1, 0.15) is 5.69 Å². The van der Waals surface area contributed by atoms with Gasteiger partial charge in [-0.15, -0.1) is 0 Å². The molecule has 0 bridgehead atoms. The first kappa shape index (κ1) is 14.4. The van der Waals surface area contributed by atoms with E-state index >= 15 is 0 Å². The molecule has 0 spiro atoms. The van der Waals surface area contributed by atoms with Crippen LogP contribution >= 0.6 is 0 Å². The lowest BCUT2D eigenvalue weighted by molar-refractivity contribution is -0.116. The maximum atomic E-state index is 11.5. The van der Waals surface area contributed by atoms with Crippen LogP contribution in [-0.2, 0) is 11.3 Å². The van der Waals surface area contributed by atoms with Gasteiger partial charge in [0.2, 0.25) is 11.8 Å². The standard InChI is InChI=1S/C13H22N2O3/c1-4-6-8-15-12(17)9-11(13(15)18)14(7-5-2)10(3)16/h9,17-18H,4-8H2,1-3H3. The van der Waals surface area contributed by atoms with Crippen molar-refractivity contribution in [1.29, 1.82) is 0 Å². The third-order valence-electron chi connectivity index (χ3n) is 2.88. The number of unbranched alkanes of at least 4 members (excludes halogenated alkanes) is 1. The topological polar surface area (TPSA) is 65.7 Å². The number of aromatic nitrogens is 1. The number of aromatic hydroxyl groups is 2. The number of rotatable bonds is 6. The Labute approximate surface area is 108 Å². The zero-order valence-corrected chi connectivity index (χ0v) is 11.3. The Bertz CT molecular complexity index is 413. The van der Waals surface area contributed by atoms with E-state index < -0.39 is 0 Å². The third-order valence-corrected chi connectivity index (χ3v) is 2.88. The molecule has 0 aliphatic carbocycles. The molecule has 0 aliphatic heterocycles. The quantitative estimate of drug-likeness (QED) is 0.819. The van der Waals surface area contributed by atoms with E-state index in [0.717, 1.165) is 19.3 Å². The summed E-state index contributed by atoms with van der Waals surface area (Å²) in [7, 11) is 0. The van der Waals surface area contributed by atoms with Crippen molar-refractivity contribution in [2.75, 3.05) is 11.4 Å². The van der Waals surface area contributed by atoms with Gasteiger partial charge in [-0.25, -0.2) is 0 Å². The molecule has 0 unspecified atom stereocenters. The van der Waals surface area contributed by atoms with Crippen LogP contribution in [0.4, 0.5) is 5.69 Å². The largest absolute Gasteiger partial charge is 0.494 e.